The van der Waals surface area contributed by atoms with Crippen LogP contribution in [0, 0.1) is 0 Å². The Morgan fingerprint density at radius 1 is 1.57 bits per heavy atom. The van der Waals surface area contributed by atoms with Crippen molar-refractivity contribution in [2.45, 2.75) is 37.8 Å². The first-order chi connectivity index (χ1) is 6.63. The highest BCUT2D eigenvalue weighted by atomic mass is 16.5. The number of carbonyl (C=O) groups excluding carboxylic acids is 1. The normalized spacial score (nSPS) is 21.1. The molecule has 0 aliphatic heterocycles. The van der Waals surface area contributed by atoms with Crippen molar-refractivity contribution in [1.82, 2.24) is 10.6 Å². The van der Waals surface area contributed by atoms with Gasteiger partial charge in [0.15, 0.2) is 0 Å². The zero-order valence-electron chi connectivity index (χ0n) is 9.22. The molecule has 1 rings (SSSR count). The lowest BCUT2D eigenvalue weighted by Crippen LogP contribution is -2.52. The topological polar surface area (TPSA) is 50.4 Å². The number of ether oxygens (including phenoxy) is 1. The molecule has 0 heterocycles. The van der Waals surface area contributed by atoms with Crippen LogP contribution < -0.4 is 10.6 Å². The van der Waals surface area contributed by atoms with Gasteiger partial charge in [0.25, 0.3) is 0 Å². The fourth-order valence-electron chi connectivity index (χ4n) is 1.67. The average Bonchev–Trinajstić information content (AvgIpc) is 2.15. The number of rotatable bonds is 5. The van der Waals surface area contributed by atoms with E-state index in [2.05, 4.69) is 10.6 Å². The summed E-state index contributed by atoms with van der Waals surface area (Å²) in [4.78, 5) is 11.2. The maximum Gasteiger partial charge on any atom is 0.236 e. The van der Waals surface area contributed by atoms with Crippen molar-refractivity contribution in [3.05, 3.63) is 0 Å². The standard InChI is InChI=1S/C10H20N2O2/c1-8(9(13)11-2)12-7-10(14-3)5-4-6-10/h8,12H,4-7H2,1-3H3,(H,11,13). The Morgan fingerprint density at radius 3 is 2.57 bits per heavy atom. The molecule has 1 amide bonds. The molecular weight excluding hydrogens is 180 g/mol. The van der Waals surface area contributed by atoms with Crippen LogP contribution in [0.15, 0.2) is 0 Å². The van der Waals surface area contributed by atoms with Crippen molar-refractivity contribution in [2.24, 2.45) is 0 Å². The SMILES string of the molecule is CNC(=O)C(C)NCC1(OC)CCC1. The minimum absolute atomic E-state index is 0.0116. The van der Waals surface area contributed by atoms with E-state index < -0.39 is 0 Å². The van der Waals surface area contributed by atoms with Crippen molar-refractivity contribution in [1.29, 1.82) is 0 Å². The van der Waals surface area contributed by atoms with Gasteiger partial charge in [-0.2, -0.15) is 0 Å². The molecule has 0 spiro atoms. The highest BCUT2D eigenvalue weighted by molar-refractivity contribution is 5.80. The summed E-state index contributed by atoms with van der Waals surface area (Å²) in [7, 11) is 3.39. The Labute approximate surface area is 85.4 Å². The molecule has 2 N–H and O–H groups in total. The number of likely N-dealkylation sites (N-methyl/N-ethyl adjacent to an activating group) is 1. The van der Waals surface area contributed by atoms with Crippen molar-refractivity contribution in [3.63, 3.8) is 0 Å². The Hall–Kier alpha value is -0.610. The average molecular weight is 200 g/mol. The second kappa shape index (κ2) is 4.75. The molecular formula is C10H20N2O2. The quantitative estimate of drug-likeness (QED) is 0.670. The van der Waals surface area contributed by atoms with Crippen LogP contribution in [0.3, 0.4) is 0 Å². The molecule has 0 aromatic heterocycles. The summed E-state index contributed by atoms with van der Waals surface area (Å²) in [6.45, 7) is 2.62. The van der Waals surface area contributed by atoms with E-state index in [0.29, 0.717) is 0 Å². The van der Waals surface area contributed by atoms with Crippen LogP contribution in [0.5, 0.6) is 0 Å². The summed E-state index contributed by atoms with van der Waals surface area (Å²) in [5.74, 6) is 0.0237. The highest BCUT2D eigenvalue weighted by Crippen LogP contribution is 2.34. The van der Waals surface area contributed by atoms with Gasteiger partial charge in [-0.15, -0.1) is 0 Å². The molecule has 1 unspecified atom stereocenters. The first-order valence-corrected chi connectivity index (χ1v) is 5.14. The van der Waals surface area contributed by atoms with Gasteiger partial charge < -0.3 is 15.4 Å². The van der Waals surface area contributed by atoms with E-state index >= 15 is 0 Å². The molecule has 1 aliphatic rings. The van der Waals surface area contributed by atoms with Gasteiger partial charge in [0, 0.05) is 20.7 Å². The molecule has 4 nitrogen and oxygen atoms in total. The molecule has 0 radical (unpaired) electrons. The van der Waals surface area contributed by atoms with E-state index in [-0.39, 0.29) is 17.6 Å². The maximum atomic E-state index is 11.2. The maximum absolute atomic E-state index is 11.2. The summed E-state index contributed by atoms with van der Waals surface area (Å²) in [6, 6.07) is -0.146. The third-order valence-corrected chi connectivity index (χ3v) is 3.07. The second-order valence-electron chi connectivity index (χ2n) is 3.96. The van der Waals surface area contributed by atoms with Crippen LogP contribution in [-0.4, -0.2) is 38.3 Å². The van der Waals surface area contributed by atoms with Crippen LogP contribution in [-0.2, 0) is 9.53 Å². The predicted octanol–water partition coefficient (Wildman–Crippen LogP) is 0.280. The molecule has 1 aliphatic carbocycles. The molecule has 1 fully saturated rings. The molecule has 0 bridgehead atoms. The highest BCUT2D eigenvalue weighted by Gasteiger charge is 2.37. The Kier molecular flexibility index (Phi) is 3.89. The summed E-state index contributed by atoms with van der Waals surface area (Å²) >= 11 is 0. The van der Waals surface area contributed by atoms with E-state index in [4.69, 9.17) is 4.74 Å². The molecule has 0 saturated heterocycles. The fourth-order valence-corrected chi connectivity index (χ4v) is 1.67. The van der Waals surface area contributed by atoms with Crippen molar-refractivity contribution < 1.29 is 9.53 Å². The Balaban J connectivity index is 2.28. The monoisotopic (exact) mass is 200 g/mol. The Bertz CT molecular complexity index is 197. The van der Waals surface area contributed by atoms with E-state index in [9.17, 15) is 4.79 Å². The van der Waals surface area contributed by atoms with Crippen molar-refractivity contribution in [2.75, 3.05) is 20.7 Å². The van der Waals surface area contributed by atoms with Gasteiger partial charge >= 0.3 is 0 Å². The Morgan fingerprint density at radius 2 is 2.21 bits per heavy atom. The van der Waals surface area contributed by atoms with Crippen LogP contribution in [0.2, 0.25) is 0 Å². The first-order valence-electron chi connectivity index (χ1n) is 5.14. The van der Waals surface area contributed by atoms with Gasteiger partial charge in [-0.25, -0.2) is 0 Å². The molecule has 82 valence electrons. The summed E-state index contributed by atoms with van der Waals surface area (Å²) in [6.07, 6.45) is 3.41. The van der Waals surface area contributed by atoms with Gasteiger partial charge in [-0.05, 0) is 26.2 Å². The van der Waals surface area contributed by atoms with Gasteiger partial charge in [-0.1, -0.05) is 0 Å². The number of carbonyl (C=O) groups is 1. The van der Waals surface area contributed by atoms with Gasteiger partial charge in [0.1, 0.15) is 0 Å². The molecule has 14 heavy (non-hydrogen) atoms. The number of nitrogens with one attached hydrogen (secondary N) is 2. The van der Waals surface area contributed by atoms with Crippen LogP contribution in [0.4, 0.5) is 0 Å². The third-order valence-electron chi connectivity index (χ3n) is 3.07. The zero-order valence-corrected chi connectivity index (χ0v) is 9.22. The molecule has 0 aromatic carbocycles. The first kappa shape index (κ1) is 11.5. The summed E-state index contributed by atoms with van der Waals surface area (Å²) < 4.78 is 5.44. The lowest BCUT2D eigenvalue weighted by molar-refractivity contribution is -0.123. The number of methoxy groups -OCH3 is 1. The van der Waals surface area contributed by atoms with Gasteiger partial charge in [0.2, 0.25) is 5.91 Å². The smallest absolute Gasteiger partial charge is 0.236 e. The van der Waals surface area contributed by atoms with Crippen LogP contribution in [0.25, 0.3) is 0 Å². The van der Waals surface area contributed by atoms with E-state index in [1.165, 1.54) is 6.42 Å². The van der Waals surface area contributed by atoms with E-state index in [1.54, 1.807) is 14.2 Å². The number of hydrogen-bond acceptors (Lipinski definition) is 3. The largest absolute Gasteiger partial charge is 0.377 e. The fraction of sp³-hybridized carbons (Fsp3) is 0.900. The van der Waals surface area contributed by atoms with Crippen molar-refractivity contribution in [3.8, 4) is 0 Å². The molecule has 4 heteroatoms. The molecule has 1 atom stereocenters. The van der Waals surface area contributed by atoms with Gasteiger partial charge in [-0.3, -0.25) is 4.79 Å². The lowest BCUT2D eigenvalue weighted by atomic mass is 9.80. The van der Waals surface area contributed by atoms with E-state index in [0.717, 1.165) is 19.4 Å². The van der Waals surface area contributed by atoms with Crippen LogP contribution >= 0.6 is 0 Å². The van der Waals surface area contributed by atoms with Crippen molar-refractivity contribution >= 4 is 5.91 Å². The molecule has 0 aromatic rings. The zero-order chi connectivity index (χ0) is 10.6. The molecule has 1 saturated carbocycles. The second-order valence-corrected chi connectivity index (χ2v) is 3.96. The lowest BCUT2D eigenvalue weighted by Gasteiger charge is -2.41. The summed E-state index contributed by atoms with van der Waals surface area (Å²) in [5.41, 5.74) is -0.0116. The van der Waals surface area contributed by atoms with Crippen LogP contribution in [0.1, 0.15) is 26.2 Å². The number of amides is 1. The minimum atomic E-state index is -0.146. The van der Waals surface area contributed by atoms with E-state index in [1.807, 2.05) is 6.92 Å². The third kappa shape index (κ3) is 2.45. The van der Waals surface area contributed by atoms with Gasteiger partial charge in [0.05, 0.1) is 11.6 Å². The predicted molar refractivity (Wildman–Crippen MR) is 55.1 cm³/mol. The minimum Gasteiger partial charge on any atom is -0.377 e. The summed E-state index contributed by atoms with van der Waals surface area (Å²) in [5, 5.41) is 5.80. The number of hydrogen-bond donors (Lipinski definition) is 2.